The van der Waals surface area contributed by atoms with Crippen LogP contribution in [-0.2, 0) is 0 Å². The van der Waals surface area contributed by atoms with E-state index in [0.29, 0.717) is 17.0 Å². The molecule has 1 heterocycles. The third-order valence-electron chi connectivity index (χ3n) is 2.64. The number of nitrogens with one attached hydrogen (secondary N) is 1. The van der Waals surface area contributed by atoms with Gasteiger partial charge in [0.15, 0.2) is 0 Å². The quantitative estimate of drug-likeness (QED) is 0.788. The fraction of sp³-hybridized carbons (Fsp3) is 0.438. The second kappa shape index (κ2) is 7.70. The third-order valence-corrected chi connectivity index (χ3v) is 2.64. The van der Waals surface area contributed by atoms with Gasteiger partial charge in [0.05, 0.1) is 17.7 Å². The van der Waals surface area contributed by atoms with E-state index in [1.165, 1.54) is 7.05 Å². The minimum atomic E-state index is -0.997. The van der Waals surface area contributed by atoms with E-state index < -0.39 is 5.97 Å². The molecule has 0 aliphatic carbocycles. The summed E-state index contributed by atoms with van der Waals surface area (Å²) in [6.07, 6.45) is 0.0314. The maximum Gasteiger partial charge on any atom is 0.352 e. The number of hydrogen-bond donors (Lipinski definition) is 3. The summed E-state index contributed by atoms with van der Waals surface area (Å²) in [6, 6.07) is 5.16. The molecule has 0 saturated carbocycles. The van der Waals surface area contributed by atoms with E-state index in [2.05, 4.69) is 10.7 Å². The van der Waals surface area contributed by atoms with Gasteiger partial charge in [-0.25, -0.2) is 4.79 Å². The van der Waals surface area contributed by atoms with Crippen LogP contribution in [-0.4, -0.2) is 35.3 Å². The van der Waals surface area contributed by atoms with Gasteiger partial charge >= 0.3 is 5.97 Å². The van der Waals surface area contributed by atoms with Crippen molar-refractivity contribution < 1.29 is 19.4 Å². The molecule has 0 fully saturated rings. The molecule has 22 heavy (non-hydrogen) atoms. The number of nitrogens with two attached hydrogens (primary N) is 1. The highest BCUT2D eigenvalue weighted by Crippen LogP contribution is 2.33. The lowest BCUT2D eigenvalue weighted by molar-refractivity contribution is 0.0691. The molecule has 0 amide bonds. The predicted octanol–water partition coefficient (Wildman–Crippen LogP) is 3.02. The van der Waals surface area contributed by atoms with E-state index in [9.17, 15) is 4.79 Å². The number of carboxylic acid groups (broad SMARTS) is 1. The van der Waals surface area contributed by atoms with Gasteiger partial charge in [0.1, 0.15) is 17.2 Å². The second-order valence-corrected chi connectivity index (χ2v) is 5.20. The standard InChI is InChI=1S/C15H19NO4.CH5N/c1-8(2)19-10-5-12-11(7-13(16-12)15(17)18)14(6-10)20-9(3)4;1-2/h5-9,16H,1-4H3,(H,17,18);2H2,1H3. The number of carboxylic acids is 1. The average molecular weight is 308 g/mol. The highest BCUT2D eigenvalue weighted by molar-refractivity contribution is 5.96. The maximum absolute atomic E-state index is 11.1. The molecule has 0 bridgehead atoms. The molecule has 2 rings (SSSR count). The van der Waals surface area contributed by atoms with Crippen LogP contribution in [0.2, 0.25) is 0 Å². The van der Waals surface area contributed by atoms with E-state index in [1.807, 2.05) is 27.7 Å². The number of aromatic carboxylic acids is 1. The minimum Gasteiger partial charge on any atom is -0.491 e. The summed E-state index contributed by atoms with van der Waals surface area (Å²) in [7, 11) is 1.50. The van der Waals surface area contributed by atoms with Crippen LogP contribution in [0.25, 0.3) is 10.9 Å². The van der Waals surface area contributed by atoms with Crippen molar-refractivity contribution in [1.82, 2.24) is 4.98 Å². The molecule has 122 valence electrons. The van der Waals surface area contributed by atoms with Gasteiger partial charge in [0, 0.05) is 17.5 Å². The molecule has 4 N–H and O–H groups in total. The molecule has 0 atom stereocenters. The summed E-state index contributed by atoms with van der Waals surface area (Å²) in [5.74, 6) is 0.280. The first-order valence-electron chi connectivity index (χ1n) is 7.18. The normalized spacial score (nSPS) is 10.5. The summed E-state index contributed by atoms with van der Waals surface area (Å²) < 4.78 is 11.4. The fourth-order valence-corrected chi connectivity index (χ4v) is 1.99. The van der Waals surface area contributed by atoms with Crippen LogP contribution in [0.5, 0.6) is 11.5 Å². The van der Waals surface area contributed by atoms with Crippen molar-refractivity contribution in [1.29, 1.82) is 0 Å². The van der Waals surface area contributed by atoms with Gasteiger partial charge in [0.25, 0.3) is 0 Å². The number of hydrogen-bond acceptors (Lipinski definition) is 4. The van der Waals surface area contributed by atoms with Gasteiger partial charge in [-0.3, -0.25) is 0 Å². The van der Waals surface area contributed by atoms with E-state index >= 15 is 0 Å². The summed E-state index contributed by atoms with van der Waals surface area (Å²) in [6.45, 7) is 7.72. The largest absolute Gasteiger partial charge is 0.491 e. The molecular formula is C16H24N2O4. The van der Waals surface area contributed by atoms with Crippen molar-refractivity contribution in [2.75, 3.05) is 7.05 Å². The van der Waals surface area contributed by atoms with Crippen molar-refractivity contribution in [3.05, 3.63) is 23.9 Å². The Hall–Kier alpha value is -2.21. The van der Waals surface area contributed by atoms with Crippen molar-refractivity contribution in [2.24, 2.45) is 5.73 Å². The Kier molecular flexibility index (Phi) is 6.24. The Labute approximate surface area is 130 Å². The third kappa shape index (κ3) is 4.39. The number of rotatable bonds is 5. The van der Waals surface area contributed by atoms with Crippen LogP contribution in [0.15, 0.2) is 18.2 Å². The summed E-state index contributed by atoms with van der Waals surface area (Å²) in [4.78, 5) is 13.9. The Morgan fingerprint density at radius 3 is 2.18 bits per heavy atom. The van der Waals surface area contributed by atoms with Crippen LogP contribution in [0.1, 0.15) is 38.2 Å². The number of aromatic amines is 1. The molecule has 1 aromatic carbocycles. The Bertz CT molecular complexity index is 632. The van der Waals surface area contributed by atoms with Gasteiger partial charge in [-0.2, -0.15) is 0 Å². The molecule has 0 spiro atoms. The zero-order chi connectivity index (χ0) is 16.9. The molecule has 0 unspecified atom stereocenters. The van der Waals surface area contributed by atoms with Crippen molar-refractivity contribution in [3.63, 3.8) is 0 Å². The summed E-state index contributed by atoms with van der Waals surface area (Å²) >= 11 is 0. The minimum absolute atomic E-state index is 0.00400. The zero-order valence-electron chi connectivity index (χ0n) is 13.6. The molecule has 1 aromatic heterocycles. The van der Waals surface area contributed by atoms with E-state index in [4.69, 9.17) is 14.6 Å². The lowest BCUT2D eigenvalue weighted by Gasteiger charge is -2.14. The number of aromatic nitrogens is 1. The molecule has 0 aliphatic heterocycles. The van der Waals surface area contributed by atoms with Gasteiger partial charge in [0.2, 0.25) is 0 Å². The lowest BCUT2D eigenvalue weighted by atomic mass is 10.2. The molecular weight excluding hydrogens is 284 g/mol. The molecule has 6 nitrogen and oxygen atoms in total. The number of H-pyrrole nitrogens is 1. The molecule has 0 radical (unpaired) electrons. The molecule has 0 aliphatic rings. The Balaban J connectivity index is 0.00000116. The second-order valence-electron chi connectivity index (χ2n) is 5.20. The lowest BCUT2D eigenvalue weighted by Crippen LogP contribution is -2.08. The Morgan fingerprint density at radius 1 is 1.09 bits per heavy atom. The van der Waals surface area contributed by atoms with Crippen LogP contribution in [0.4, 0.5) is 0 Å². The first-order valence-corrected chi connectivity index (χ1v) is 7.18. The highest BCUT2D eigenvalue weighted by atomic mass is 16.5. The Morgan fingerprint density at radius 2 is 1.68 bits per heavy atom. The van der Waals surface area contributed by atoms with Crippen LogP contribution in [0, 0.1) is 0 Å². The first-order chi connectivity index (χ1) is 10.4. The smallest absolute Gasteiger partial charge is 0.352 e. The van der Waals surface area contributed by atoms with Crippen molar-refractivity contribution in [3.8, 4) is 11.5 Å². The first kappa shape index (κ1) is 17.8. The number of fused-ring (bicyclic) bond motifs is 1. The van der Waals surface area contributed by atoms with Gasteiger partial charge < -0.3 is 25.3 Å². The topological polar surface area (TPSA) is 97.6 Å². The summed E-state index contributed by atoms with van der Waals surface area (Å²) in [5, 5.41) is 9.81. The fourth-order valence-electron chi connectivity index (χ4n) is 1.99. The highest BCUT2D eigenvalue weighted by Gasteiger charge is 2.14. The predicted molar refractivity (Wildman–Crippen MR) is 86.9 cm³/mol. The number of carbonyl (C=O) groups is 1. The van der Waals surface area contributed by atoms with E-state index in [-0.39, 0.29) is 17.9 Å². The van der Waals surface area contributed by atoms with Crippen molar-refractivity contribution in [2.45, 2.75) is 39.9 Å². The average Bonchev–Trinajstić information content (AvgIpc) is 2.84. The molecule has 0 saturated heterocycles. The van der Waals surface area contributed by atoms with Crippen molar-refractivity contribution >= 4 is 16.9 Å². The van der Waals surface area contributed by atoms with E-state index in [0.717, 1.165) is 5.39 Å². The molecule has 6 heteroatoms. The van der Waals surface area contributed by atoms with Gasteiger partial charge in [-0.05, 0) is 40.8 Å². The van der Waals surface area contributed by atoms with Gasteiger partial charge in [-0.15, -0.1) is 0 Å². The summed E-state index contributed by atoms with van der Waals surface area (Å²) in [5.41, 5.74) is 5.33. The monoisotopic (exact) mass is 308 g/mol. The molecule has 2 aromatic rings. The van der Waals surface area contributed by atoms with E-state index in [1.54, 1.807) is 18.2 Å². The number of ether oxygens (including phenoxy) is 2. The maximum atomic E-state index is 11.1. The van der Waals surface area contributed by atoms with Gasteiger partial charge in [-0.1, -0.05) is 0 Å². The van der Waals surface area contributed by atoms with Crippen LogP contribution in [0.3, 0.4) is 0 Å². The zero-order valence-corrected chi connectivity index (χ0v) is 13.6. The SMILES string of the molecule is CC(C)Oc1cc(OC(C)C)c2cc(C(=O)O)[nH]c2c1.CN. The van der Waals surface area contributed by atoms with Crippen LogP contribution < -0.4 is 15.2 Å². The van der Waals surface area contributed by atoms with Crippen LogP contribution >= 0.6 is 0 Å². The number of benzene rings is 1.